The Bertz CT molecular complexity index is 796. The normalized spacial score (nSPS) is 24.6. The second-order valence-electron chi connectivity index (χ2n) is 7.13. The number of fused-ring (bicyclic) bond motifs is 1. The van der Waals surface area contributed by atoms with Crippen molar-refractivity contribution < 1.29 is 40.5 Å². The van der Waals surface area contributed by atoms with Gasteiger partial charge in [0.05, 0.1) is 36.5 Å². The first kappa shape index (κ1) is 25.9. The SMILES string of the molecule is C.ClCC1CO1.N#CCc1ccccc1.O=C1CCC2CC12c1ccccc1.[H-].[Na+]. The van der Waals surface area contributed by atoms with E-state index < -0.39 is 0 Å². The molecule has 0 N–H and O–H groups in total. The van der Waals surface area contributed by atoms with Gasteiger partial charge in [-0.05, 0) is 29.9 Å². The molecular formula is C24H29ClNNaO2. The van der Waals surface area contributed by atoms with Gasteiger partial charge >= 0.3 is 29.6 Å². The fourth-order valence-electron chi connectivity index (χ4n) is 3.64. The summed E-state index contributed by atoms with van der Waals surface area (Å²) >= 11 is 5.27. The second-order valence-corrected chi connectivity index (χ2v) is 7.44. The van der Waals surface area contributed by atoms with Crippen LogP contribution < -0.4 is 29.6 Å². The van der Waals surface area contributed by atoms with Crippen LogP contribution in [0.4, 0.5) is 0 Å². The maximum absolute atomic E-state index is 11.7. The van der Waals surface area contributed by atoms with E-state index >= 15 is 0 Å². The third-order valence-electron chi connectivity index (χ3n) is 5.31. The Labute approximate surface area is 203 Å². The zero-order valence-corrected chi connectivity index (χ0v) is 19.1. The topological polar surface area (TPSA) is 53.4 Å². The van der Waals surface area contributed by atoms with Crippen LogP contribution >= 0.6 is 11.6 Å². The summed E-state index contributed by atoms with van der Waals surface area (Å²) in [7, 11) is 0. The van der Waals surface area contributed by atoms with Crippen LogP contribution in [0, 0.1) is 17.2 Å². The summed E-state index contributed by atoms with van der Waals surface area (Å²) < 4.78 is 4.73. The van der Waals surface area contributed by atoms with Gasteiger partial charge in [-0.25, -0.2) is 0 Å². The number of hydrogen-bond acceptors (Lipinski definition) is 3. The Hall–Kier alpha value is -1.15. The molecule has 3 aliphatic rings. The van der Waals surface area contributed by atoms with Gasteiger partial charge in [0, 0.05) is 6.42 Å². The maximum atomic E-state index is 11.7. The molecule has 0 radical (unpaired) electrons. The molecule has 3 fully saturated rings. The number of ketones is 1. The van der Waals surface area contributed by atoms with E-state index in [0.717, 1.165) is 31.4 Å². The first-order chi connectivity index (χ1) is 13.2. The van der Waals surface area contributed by atoms with Gasteiger partial charge in [-0.3, -0.25) is 4.79 Å². The van der Waals surface area contributed by atoms with Gasteiger partial charge in [0.15, 0.2) is 0 Å². The molecule has 0 bridgehead atoms. The Morgan fingerprint density at radius 3 is 2.10 bits per heavy atom. The Morgan fingerprint density at radius 2 is 1.72 bits per heavy atom. The summed E-state index contributed by atoms with van der Waals surface area (Å²) in [5.74, 6) is 1.81. The second kappa shape index (κ2) is 12.5. The molecule has 2 aromatic rings. The monoisotopic (exact) mass is 421 g/mol. The number of alkyl halides is 1. The molecule has 0 spiro atoms. The van der Waals surface area contributed by atoms with Crippen LogP contribution in [-0.4, -0.2) is 24.4 Å². The van der Waals surface area contributed by atoms with Crippen LogP contribution in [0.1, 0.15) is 39.2 Å². The number of benzene rings is 2. The zero-order chi connectivity index (χ0) is 19.1. The van der Waals surface area contributed by atoms with Gasteiger partial charge < -0.3 is 6.16 Å². The first-order valence-corrected chi connectivity index (χ1v) is 9.91. The summed E-state index contributed by atoms with van der Waals surface area (Å²) in [5, 5.41) is 8.27. The average Bonchev–Trinajstić information content (AvgIpc) is 3.64. The molecule has 1 aliphatic heterocycles. The van der Waals surface area contributed by atoms with E-state index in [1.165, 1.54) is 5.56 Å². The van der Waals surface area contributed by atoms with Gasteiger partial charge in [-0.1, -0.05) is 68.1 Å². The molecule has 0 amide bonds. The Balaban J connectivity index is 0.000000438. The van der Waals surface area contributed by atoms with Crippen molar-refractivity contribution in [2.75, 3.05) is 12.5 Å². The molecule has 3 atom stereocenters. The van der Waals surface area contributed by atoms with Crippen LogP contribution in [0.5, 0.6) is 0 Å². The summed E-state index contributed by atoms with van der Waals surface area (Å²) in [6.07, 6.45) is 3.95. The number of nitriles is 1. The number of Topliss-reactive ketones (excluding diaryl/α,β-unsaturated/α-hetero) is 1. The molecule has 150 valence electrons. The molecule has 3 nitrogen and oxygen atoms in total. The van der Waals surface area contributed by atoms with E-state index in [2.05, 4.69) is 18.2 Å². The van der Waals surface area contributed by atoms with E-state index in [9.17, 15) is 4.79 Å². The number of carbonyl (C=O) groups excluding carboxylic acids is 1. The first-order valence-electron chi connectivity index (χ1n) is 9.38. The van der Waals surface area contributed by atoms with Crippen LogP contribution in [0.15, 0.2) is 60.7 Å². The molecule has 3 unspecified atom stereocenters. The van der Waals surface area contributed by atoms with Crippen molar-refractivity contribution in [1.29, 1.82) is 5.26 Å². The zero-order valence-electron chi connectivity index (χ0n) is 17.3. The van der Waals surface area contributed by atoms with Crippen molar-refractivity contribution in [3.63, 3.8) is 0 Å². The molecule has 5 heteroatoms. The molecule has 0 aromatic heterocycles. The number of halogens is 1. The van der Waals surface area contributed by atoms with Gasteiger partial charge in [0.1, 0.15) is 5.78 Å². The predicted octanol–water partition coefficient (Wildman–Crippen LogP) is 2.44. The third kappa shape index (κ3) is 6.95. The van der Waals surface area contributed by atoms with Gasteiger partial charge in [-0.15, -0.1) is 11.6 Å². The van der Waals surface area contributed by atoms with E-state index in [1.807, 2.05) is 48.5 Å². The predicted molar refractivity (Wildman–Crippen MR) is 115 cm³/mol. The smallest absolute Gasteiger partial charge is 1.00 e. The van der Waals surface area contributed by atoms with E-state index in [0.29, 0.717) is 30.1 Å². The fraction of sp³-hybridized carbons (Fsp3) is 0.417. The summed E-state index contributed by atoms with van der Waals surface area (Å²) in [5.41, 5.74) is 2.31. The van der Waals surface area contributed by atoms with Crippen molar-refractivity contribution >= 4 is 17.4 Å². The van der Waals surface area contributed by atoms with Crippen molar-refractivity contribution in [2.45, 2.75) is 44.6 Å². The number of hydrogen-bond donors (Lipinski definition) is 0. The number of carbonyl (C=O) groups is 1. The average molecular weight is 422 g/mol. The van der Waals surface area contributed by atoms with Gasteiger partial charge in [0.2, 0.25) is 0 Å². The van der Waals surface area contributed by atoms with Crippen molar-refractivity contribution in [2.24, 2.45) is 5.92 Å². The quantitative estimate of drug-likeness (QED) is 0.434. The fourth-order valence-corrected chi connectivity index (χ4v) is 3.82. The minimum atomic E-state index is -0.0265. The van der Waals surface area contributed by atoms with Gasteiger partial charge in [-0.2, -0.15) is 5.26 Å². The molecule has 2 aromatic carbocycles. The van der Waals surface area contributed by atoms with Crippen LogP contribution in [0.25, 0.3) is 0 Å². The van der Waals surface area contributed by atoms with Crippen LogP contribution in [0.3, 0.4) is 0 Å². The van der Waals surface area contributed by atoms with Crippen LogP contribution in [0.2, 0.25) is 0 Å². The minimum absolute atomic E-state index is 0. The van der Waals surface area contributed by atoms with Gasteiger partial charge in [0.25, 0.3) is 0 Å². The summed E-state index contributed by atoms with van der Waals surface area (Å²) in [6, 6.07) is 22.1. The standard InChI is InChI=1S/C12H12O.C8H7N.C3H5ClO.CH4.Na.H/c13-11-7-6-10-8-12(10,11)9-4-2-1-3-5-9;9-7-6-8-4-2-1-3-5-8;4-1-3-2-5-3;;;/h1-5,10H,6-8H2;1-5H,6H2;3H,1-2H2;1H4;;/q;;;;+1;-1. The number of ether oxygens (including phenoxy) is 1. The maximum Gasteiger partial charge on any atom is 1.00 e. The molecule has 29 heavy (non-hydrogen) atoms. The molecule has 1 saturated heterocycles. The Morgan fingerprint density at radius 1 is 1.14 bits per heavy atom. The van der Waals surface area contributed by atoms with Crippen molar-refractivity contribution in [1.82, 2.24) is 0 Å². The number of epoxide rings is 1. The van der Waals surface area contributed by atoms with E-state index in [-0.39, 0.29) is 43.8 Å². The summed E-state index contributed by atoms with van der Waals surface area (Å²) in [4.78, 5) is 11.7. The Kier molecular flexibility index (Phi) is 11.2. The largest absolute Gasteiger partial charge is 1.00 e. The number of nitrogens with zero attached hydrogens (tertiary/aromatic N) is 1. The molecular weight excluding hydrogens is 393 g/mol. The van der Waals surface area contributed by atoms with Crippen LogP contribution in [-0.2, 0) is 21.4 Å². The van der Waals surface area contributed by atoms with Crippen molar-refractivity contribution in [3.05, 3.63) is 71.8 Å². The van der Waals surface area contributed by atoms with Crippen molar-refractivity contribution in [3.8, 4) is 6.07 Å². The third-order valence-corrected chi connectivity index (χ3v) is 5.66. The summed E-state index contributed by atoms with van der Waals surface area (Å²) in [6.45, 7) is 0.878. The molecule has 2 aliphatic carbocycles. The molecule has 5 rings (SSSR count). The minimum Gasteiger partial charge on any atom is -1.00 e. The molecule has 2 saturated carbocycles. The number of rotatable bonds is 3. The molecule has 1 heterocycles. The van der Waals surface area contributed by atoms with E-state index in [4.69, 9.17) is 21.6 Å². The van der Waals surface area contributed by atoms with E-state index in [1.54, 1.807) is 0 Å².